The summed E-state index contributed by atoms with van der Waals surface area (Å²) >= 11 is 1.92. The molecule has 0 bridgehead atoms. The summed E-state index contributed by atoms with van der Waals surface area (Å²) in [6.45, 7) is 2.80. The fourth-order valence-electron chi connectivity index (χ4n) is 4.04. The van der Waals surface area contributed by atoms with Crippen LogP contribution in [0.4, 0.5) is 0 Å². The van der Waals surface area contributed by atoms with Gasteiger partial charge in [-0.25, -0.2) is 4.98 Å². The first-order valence-corrected chi connectivity index (χ1v) is 9.63. The molecule has 2 atom stereocenters. The van der Waals surface area contributed by atoms with Gasteiger partial charge in [0.2, 0.25) is 5.91 Å². The molecule has 1 aromatic rings. The number of nitrogens with zero attached hydrogens (tertiary/aromatic N) is 2. The summed E-state index contributed by atoms with van der Waals surface area (Å²) < 4.78 is 0. The number of amides is 1. The lowest BCUT2D eigenvalue weighted by Gasteiger charge is -2.33. The molecule has 0 saturated carbocycles. The largest absolute Gasteiger partial charge is 0.341 e. The molecule has 22 heavy (non-hydrogen) atoms. The number of aromatic nitrogens is 1. The van der Waals surface area contributed by atoms with Crippen molar-refractivity contribution >= 4 is 17.2 Å². The van der Waals surface area contributed by atoms with E-state index in [9.17, 15) is 4.79 Å². The zero-order valence-corrected chi connectivity index (χ0v) is 14.0. The maximum atomic E-state index is 12.6. The molecule has 120 valence electrons. The molecule has 0 spiro atoms. The highest BCUT2D eigenvalue weighted by molar-refractivity contribution is 7.11. The van der Waals surface area contributed by atoms with Gasteiger partial charge in [-0.05, 0) is 57.9 Å². The van der Waals surface area contributed by atoms with Gasteiger partial charge in [-0.3, -0.25) is 4.79 Å². The highest BCUT2D eigenvalue weighted by atomic mass is 32.1. The van der Waals surface area contributed by atoms with E-state index in [0.717, 1.165) is 45.3 Å². The summed E-state index contributed by atoms with van der Waals surface area (Å²) in [5.74, 6) is 0.790. The summed E-state index contributed by atoms with van der Waals surface area (Å²) in [7, 11) is 0. The Bertz CT molecular complexity index is 527. The summed E-state index contributed by atoms with van der Waals surface area (Å²) in [4.78, 5) is 21.2. The first kappa shape index (κ1) is 14.6. The van der Waals surface area contributed by atoms with Crippen LogP contribution < -0.4 is 5.32 Å². The van der Waals surface area contributed by atoms with Crippen LogP contribution in [-0.2, 0) is 17.6 Å². The molecular formula is C17H25N3OS. The number of carbonyl (C=O) groups excluding carboxylic acids is 1. The molecule has 0 aromatic carbocycles. The number of fused-ring (bicyclic) bond motifs is 1. The molecule has 1 amide bonds. The lowest BCUT2D eigenvalue weighted by atomic mass is 9.97. The van der Waals surface area contributed by atoms with E-state index in [-0.39, 0.29) is 6.04 Å². The lowest BCUT2D eigenvalue weighted by Crippen LogP contribution is -2.47. The second kappa shape index (κ2) is 6.28. The third-order valence-corrected chi connectivity index (χ3v) is 6.62. The molecule has 2 fully saturated rings. The van der Waals surface area contributed by atoms with Crippen molar-refractivity contribution in [3.63, 3.8) is 0 Å². The molecule has 0 radical (unpaired) electrons. The second-order valence-corrected chi connectivity index (χ2v) is 8.02. The Labute approximate surface area is 136 Å². The van der Waals surface area contributed by atoms with E-state index < -0.39 is 0 Å². The summed E-state index contributed by atoms with van der Waals surface area (Å²) in [5, 5.41) is 4.64. The van der Waals surface area contributed by atoms with Gasteiger partial charge in [0.1, 0.15) is 0 Å². The molecule has 2 saturated heterocycles. The standard InChI is InChI=1S/C17H25N3OS/c21-17(14-7-3-9-18-14)20-10-4-5-12(11-20)16-19-13-6-1-2-8-15(13)22-16/h12,14,18H,1-11H2. The van der Waals surface area contributed by atoms with Crippen LogP contribution in [-0.4, -0.2) is 41.5 Å². The fourth-order valence-corrected chi connectivity index (χ4v) is 5.32. The number of hydrogen-bond donors (Lipinski definition) is 1. The number of rotatable bonds is 2. The molecular weight excluding hydrogens is 294 g/mol. The van der Waals surface area contributed by atoms with E-state index in [0.29, 0.717) is 11.8 Å². The van der Waals surface area contributed by atoms with Crippen LogP contribution in [0.2, 0.25) is 0 Å². The average molecular weight is 319 g/mol. The van der Waals surface area contributed by atoms with Crippen LogP contribution in [0.5, 0.6) is 0 Å². The van der Waals surface area contributed by atoms with Gasteiger partial charge in [0.05, 0.1) is 16.7 Å². The van der Waals surface area contributed by atoms with Crippen LogP contribution in [0.3, 0.4) is 0 Å². The number of nitrogens with one attached hydrogen (secondary N) is 1. The average Bonchev–Trinajstić information content (AvgIpc) is 3.23. The summed E-state index contributed by atoms with van der Waals surface area (Å²) in [6, 6.07) is 0.0725. The number of piperidine rings is 1. The highest BCUT2D eigenvalue weighted by Gasteiger charge is 2.32. The van der Waals surface area contributed by atoms with Crippen LogP contribution in [0.25, 0.3) is 0 Å². The molecule has 1 aliphatic carbocycles. The molecule has 4 nitrogen and oxygen atoms in total. The van der Waals surface area contributed by atoms with E-state index in [1.165, 1.54) is 41.3 Å². The zero-order chi connectivity index (χ0) is 14.9. The smallest absolute Gasteiger partial charge is 0.239 e. The van der Waals surface area contributed by atoms with E-state index in [4.69, 9.17) is 4.98 Å². The van der Waals surface area contributed by atoms with Gasteiger partial charge in [-0.1, -0.05) is 0 Å². The lowest BCUT2D eigenvalue weighted by molar-refractivity contribution is -0.134. The van der Waals surface area contributed by atoms with Gasteiger partial charge in [-0.15, -0.1) is 11.3 Å². The van der Waals surface area contributed by atoms with E-state index in [2.05, 4.69) is 10.2 Å². The number of likely N-dealkylation sites (tertiary alicyclic amines) is 1. The summed E-state index contributed by atoms with van der Waals surface area (Å²) in [5.41, 5.74) is 1.35. The molecule has 5 heteroatoms. The predicted octanol–water partition coefficient (Wildman–Crippen LogP) is 2.48. The predicted molar refractivity (Wildman–Crippen MR) is 88.3 cm³/mol. The van der Waals surface area contributed by atoms with Crippen molar-refractivity contribution < 1.29 is 4.79 Å². The van der Waals surface area contributed by atoms with Gasteiger partial charge in [-0.2, -0.15) is 0 Å². The first-order valence-electron chi connectivity index (χ1n) is 8.82. The zero-order valence-electron chi connectivity index (χ0n) is 13.1. The molecule has 1 aromatic heterocycles. The minimum atomic E-state index is 0.0725. The van der Waals surface area contributed by atoms with E-state index in [1.807, 2.05) is 11.3 Å². The van der Waals surface area contributed by atoms with Gasteiger partial charge in [0.25, 0.3) is 0 Å². The SMILES string of the molecule is O=C(C1CCCN1)N1CCCC(c2nc3c(s2)CCCC3)C1. The van der Waals surface area contributed by atoms with Crippen LogP contribution in [0.1, 0.15) is 60.0 Å². The molecule has 1 N–H and O–H groups in total. The molecule has 4 rings (SSSR count). The third kappa shape index (κ3) is 2.81. The second-order valence-electron chi connectivity index (χ2n) is 6.90. The monoisotopic (exact) mass is 319 g/mol. The Balaban J connectivity index is 1.46. The number of carbonyl (C=O) groups is 1. The molecule has 3 aliphatic rings. The van der Waals surface area contributed by atoms with Crippen molar-refractivity contribution in [1.29, 1.82) is 0 Å². The van der Waals surface area contributed by atoms with Crippen molar-refractivity contribution in [1.82, 2.24) is 15.2 Å². The van der Waals surface area contributed by atoms with E-state index >= 15 is 0 Å². The Morgan fingerprint density at radius 2 is 2.09 bits per heavy atom. The Kier molecular flexibility index (Phi) is 4.18. The van der Waals surface area contributed by atoms with Crippen molar-refractivity contribution in [2.45, 2.75) is 63.3 Å². The van der Waals surface area contributed by atoms with Crippen molar-refractivity contribution in [2.24, 2.45) is 0 Å². The highest BCUT2D eigenvalue weighted by Crippen LogP contribution is 2.34. The number of hydrogen-bond acceptors (Lipinski definition) is 4. The van der Waals surface area contributed by atoms with Crippen LogP contribution >= 0.6 is 11.3 Å². The van der Waals surface area contributed by atoms with Gasteiger partial charge in [0, 0.05) is 23.9 Å². The quantitative estimate of drug-likeness (QED) is 0.911. The number of thiazole rings is 1. The Morgan fingerprint density at radius 3 is 2.91 bits per heavy atom. The van der Waals surface area contributed by atoms with Crippen LogP contribution in [0, 0.1) is 0 Å². The Hall–Kier alpha value is -0.940. The van der Waals surface area contributed by atoms with Crippen molar-refractivity contribution in [2.75, 3.05) is 19.6 Å². The number of aryl methyl sites for hydroxylation is 2. The maximum Gasteiger partial charge on any atom is 0.239 e. The van der Waals surface area contributed by atoms with Gasteiger partial charge in [0.15, 0.2) is 0 Å². The first-order chi connectivity index (χ1) is 10.8. The fraction of sp³-hybridized carbons (Fsp3) is 0.765. The Morgan fingerprint density at radius 1 is 1.18 bits per heavy atom. The molecule has 3 heterocycles. The summed E-state index contributed by atoms with van der Waals surface area (Å²) in [6.07, 6.45) is 9.43. The van der Waals surface area contributed by atoms with Gasteiger partial charge < -0.3 is 10.2 Å². The molecule has 2 unspecified atom stereocenters. The maximum absolute atomic E-state index is 12.6. The topological polar surface area (TPSA) is 45.2 Å². The van der Waals surface area contributed by atoms with Crippen molar-refractivity contribution in [3.05, 3.63) is 15.6 Å². The third-order valence-electron chi connectivity index (χ3n) is 5.30. The molecule has 2 aliphatic heterocycles. The van der Waals surface area contributed by atoms with E-state index in [1.54, 1.807) is 0 Å². The van der Waals surface area contributed by atoms with Crippen LogP contribution in [0.15, 0.2) is 0 Å². The van der Waals surface area contributed by atoms with Gasteiger partial charge >= 0.3 is 0 Å². The minimum absolute atomic E-state index is 0.0725. The van der Waals surface area contributed by atoms with Crippen molar-refractivity contribution in [3.8, 4) is 0 Å². The normalized spacial score (nSPS) is 28.6. The minimum Gasteiger partial charge on any atom is -0.341 e.